The van der Waals surface area contributed by atoms with Gasteiger partial charge < -0.3 is 14.7 Å². The van der Waals surface area contributed by atoms with Crippen molar-refractivity contribution in [1.82, 2.24) is 0 Å². The molecular formula is C19H20ClNO3. The van der Waals surface area contributed by atoms with Crippen molar-refractivity contribution in [3.8, 4) is 5.75 Å². The van der Waals surface area contributed by atoms with Gasteiger partial charge in [-0.1, -0.05) is 29.8 Å². The predicted octanol–water partition coefficient (Wildman–Crippen LogP) is 3.75. The molecule has 0 aliphatic carbocycles. The molecule has 0 saturated carbocycles. The Morgan fingerprint density at radius 2 is 2.12 bits per heavy atom. The lowest BCUT2D eigenvalue weighted by Gasteiger charge is -2.32. The Morgan fingerprint density at radius 1 is 1.33 bits per heavy atom. The molecule has 1 heterocycles. The summed E-state index contributed by atoms with van der Waals surface area (Å²) >= 11 is 6.02. The molecule has 0 saturated heterocycles. The van der Waals surface area contributed by atoms with Gasteiger partial charge in [0.25, 0.3) is 0 Å². The fraction of sp³-hybridized carbons (Fsp3) is 0.316. The van der Waals surface area contributed by atoms with E-state index in [4.69, 9.17) is 16.3 Å². The number of benzene rings is 2. The first-order chi connectivity index (χ1) is 11.6. The van der Waals surface area contributed by atoms with Crippen LogP contribution in [-0.4, -0.2) is 24.7 Å². The van der Waals surface area contributed by atoms with Crippen LogP contribution in [-0.2, 0) is 11.2 Å². The van der Waals surface area contributed by atoms with Crippen molar-refractivity contribution < 1.29 is 14.6 Å². The van der Waals surface area contributed by atoms with Crippen molar-refractivity contribution in [2.45, 2.75) is 25.4 Å². The van der Waals surface area contributed by atoms with E-state index in [0.29, 0.717) is 30.8 Å². The summed E-state index contributed by atoms with van der Waals surface area (Å²) in [5.41, 5.74) is 2.49. The van der Waals surface area contributed by atoms with Gasteiger partial charge in [-0.15, -0.1) is 0 Å². The molecular weight excluding hydrogens is 326 g/mol. The molecule has 3 rings (SSSR count). The molecule has 0 fully saturated rings. The minimum Gasteiger partial charge on any atom is -0.496 e. The van der Waals surface area contributed by atoms with E-state index in [1.54, 1.807) is 30.2 Å². The third kappa shape index (κ3) is 3.40. The number of aryl methyl sites for hydroxylation is 1. The van der Waals surface area contributed by atoms with Gasteiger partial charge in [0.1, 0.15) is 5.75 Å². The zero-order valence-corrected chi connectivity index (χ0v) is 14.3. The normalized spacial score (nSPS) is 16.6. The van der Waals surface area contributed by atoms with Crippen LogP contribution in [0, 0.1) is 0 Å². The van der Waals surface area contributed by atoms with E-state index in [-0.39, 0.29) is 5.91 Å². The number of aliphatic hydroxyl groups excluding tert-OH is 1. The van der Waals surface area contributed by atoms with Crippen LogP contribution in [0.1, 0.15) is 30.1 Å². The highest BCUT2D eigenvalue weighted by Gasteiger charge is 2.27. The summed E-state index contributed by atoms with van der Waals surface area (Å²) in [5.74, 6) is 0.836. The second-order valence-electron chi connectivity index (χ2n) is 5.86. The largest absolute Gasteiger partial charge is 0.496 e. The number of aliphatic hydroxyl groups is 1. The molecule has 0 bridgehead atoms. The standard InChI is InChI=1S/C19H20ClNO3/c1-24-18-5-3-2-4-13(18)6-9-19(23)21-11-10-17(22)15-12-14(20)7-8-16(15)21/h2-5,7-8,12,17,22H,6,9-11H2,1H3. The quantitative estimate of drug-likeness (QED) is 0.918. The van der Waals surface area contributed by atoms with Gasteiger partial charge in [0.2, 0.25) is 5.91 Å². The van der Waals surface area contributed by atoms with Crippen molar-refractivity contribution in [3.63, 3.8) is 0 Å². The van der Waals surface area contributed by atoms with Crippen LogP contribution in [0.4, 0.5) is 5.69 Å². The van der Waals surface area contributed by atoms with E-state index in [9.17, 15) is 9.90 Å². The van der Waals surface area contributed by atoms with E-state index >= 15 is 0 Å². The summed E-state index contributed by atoms with van der Waals surface area (Å²) in [6.45, 7) is 0.514. The molecule has 1 aliphatic heterocycles. The van der Waals surface area contributed by atoms with Crippen molar-refractivity contribution in [2.75, 3.05) is 18.6 Å². The fourth-order valence-electron chi connectivity index (χ4n) is 3.11. The van der Waals surface area contributed by atoms with Gasteiger partial charge in [0.15, 0.2) is 0 Å². The maximum absolute atomic E-state index is 12.7. The number of anilines is 1. The molecule has 24 heavy (non-hydrogen) atoms. The predicted molar refractivity (Wildman–Crippen MR) is 94.7 cm³/mol. The number of para-hydroxylation sites is 1. The van der Waals surface area contributed by atoms with E-state index in [2.05, 4.69) is 0 Å². The van der Waals surface area contributed by atoms with E-state index in [1.165, 1.54) is 0 Å². The molecule has 5 heteroatoms. The average Bonchev–Trinajstić information content (AvgIpc) is 2.60. The highest BCUT2D eigenvalue weighted by molar-refractivity contribution is 6.30. The molecule has 0 aromatic heterocycles. The number of hydrogen-bond donors (Lipinski definition) is 1. The van der Waals surface area contributed by atoms with Crippen LogP contribution < -0.4 is 9.64 Å². The van der Waals surface area contributed by atoms with Gasteiger partial charge >= 0.3 is 0 Å². The second kappa shape index (κ2) is 7.24. The highest BCUT2D eigenvalue weighted by Crippen LogP contribution is 2.36. The van der Waals surface area contributed by atoms with Crippen molar-refractivity contribution in [1.29, 1.82) is 0 Å². The SMILES string of the molecule is COc1ccccc1CCC(=O)N1CCC(O)c2cc(Cl)ccc21. The Balaban J connectivity index is 1.75. The maximum Gasteiger partial charge on any atom is 0.227 e. The monoisotopic (exact) mass is 345 g/mol. The van der Waals surface area contributed by atoms with Crippen molar-refractivity contribution >= 4 is 23.2 Å². The van der Waals surface area contributed by atoms with Crippen LogP contribution in [0.25, 0.3) is 0 Å². The molecule has 2 aromatic rings. The minimum absolute atomic E-state index is 0.0383. The summed E-state index contributed by atoms with van der Waals surface area (Å²) in [4.78, 5) is 14.4. The average molecular weight is 346 g/mol. The number of methoxy groups -OCH3 is 1. The zero-order valence-electron chi connectivity index (χ0n) is 13.5. The number of carbonyl (C=O) groups excluding carboxylic acids is 1. The van der Waals surface area contributed by atoms with E-state index < -0.39 is 6.10 Å². The summed E-state index contributed by atoms with van der Waals surface area (Å²) in [6, 6.07) is 13.0. The number of rotatable bonds is 4. The maximum atomic E-state index is 12.7. The Labute approximate surface area is 146 Å². The van der Waals surface area contributed by atoms with E-state index in [0.717, 1.165) is 22.6 Å². The Hall–Kier alpha value is -2.04. The van der Waals surface area contributed by atoms with Gasteiger partial charge in [-0.05, 0) is 42.7 Å². The van der Waals surface area contributed by atoms with E-state index in [1.807, 2.05) is 24.3 Å². The van der Waals surface area contributed by atoms with Gasteiger partial charge in [-0.25, -0.2) is 0 Å². The number of nitrogens with zero attached hydrogens (tertiary/aromatic N) is 1. The molecule has 1 amide bonds. The molecule has 0 spiro atoms. The number of ether oxygens (including phenoxy) is 1. The smallest absolute Gasteiger partial charge is 0.227 e. The first-order valence-corrected chi connectivity index (χ1v) is 8.37. The molecule has 1 unspecified atom stereocenters. The van der Waals surface area contributed by atoms with Gasteiger partial charge in [0, 0.05) is 29.2 Å². The zero-order chi connectivity index (χ0) is 17.1. The number of amides is 1. The summed E-state index contributed by atoms with van der Waals surface area (Å²) in [7, 11) is 1.63. The lowest BCUT2D eigenvalue weighted by atomic mass is 9.98. The highest BCUT2D eigenvalue weighted by atomic mass is 35.5. The van der Waals surface area contributed by atoms with Gasteiger partial charge in [0.05, 0.1) is 13.2 Å². The summed E-state index contributed by atoms with van der Waals surface area (Å²) in [5, 5.41) is 10.7. The number of hydrogen-bond acceptors (Lipinski definition) is 3. The summed E-state index contributed by atoms with van der Waals surface area (Å²) in [6.07, 6.45) is 0.953. The first kappa shape index (κ1) is 16.8. The number of fused-ring (bicyclic) bond motifs is 1. The van der Waals surface area contributed by atoms with Crippen LogP contribution in [0.5, 0.6) is 5.75 Å². The Kier molecular flexibility index (Phi) is 5.07. The second-order valence-corrected chi connectivity index (χ2v) is 6.30. The van der Waals surface area contributed by atoms with Crippen LogP contribution in [0.15, 0.2) is 42.5 Å². The molecule has 0 radical (unpaired) electrons. The lowest BCUT2D eigenvalue weighted by Crippen LogP contribution is -2.36. The molecule has 1 atom stereocenters. The van der Waals surface area contributed by atoms with Crippen molar-refractivity contribution in [3.05, 3.63) is 58.6 Å². The molecule has 126 valence electrons. The van der Waals surface area contributed by atoms with Crippen LogP contribution in [0.2, 0.25) is 5.02 Å². The van der Waals surface area contributed by atoms with Crippen molar-refractivity contribution in [2.24, 2.45) is 0 Å². The Morgan fingerprint density at radius 3 is 2.92 bits per heavy atom. The molecule has 4 nitrogen and oxygen atoms in total. The summed E-state index contributed by atoms with van der Waals surface area (Å²) < 4.78 is 5.33. The lowest BCUT2D eigenvalue weighted by molar-refractivity contribution is -0.118. The number of carbonyl (C=O) groups is 1. The van der Waals surface area contributed by atoms with Crippen LogP contribution in [0.3, 0.4) is 0 Å². The topological polar surface area (TPSA) is 49.8 Å². The number of halogens is 1. The Bertz CT molecular complexity index is 747. The third-order valence-corrected chi connectivity index (χ3v) is 4.60. The minimum atomic E-state index is -0.572. The van der Waals surface area contributed by atoms with Gasteiger partial charge in [-0.3, -0.25) is 4.79 Å². The molecule has 2 aromatic carbocycles. The fourth-order valence-corrected chi connectivity index (χ4v) is 3.29. The van der Waals surface area contributed by atoms with Crippen LogP contribution >= 0.6 is 11.6 Å². The van der Waals surface area contributed by atoms with Gasteiger partial charge in [-0.2, -0.15) is 0 Å². The molecule has 1 N–H and O–H groups in total. The first-order valence-electron chi connectivity index (χ1n) is 8.00. The molecule has 1 aliphatic rings. The third-order valence-electron chi connectivity index (χ3n) is 4.37.